The standard InChI is InChI=1S/C14H14N2O3S2/c17-11-6-12-16(11)8-14(9-20-12,13(18)19)21-5-3-10-2-1-4-15-7-10/h1-5,7,12H,6,8-9H2,(H,18,19)/t12-,14?/m1/s1. The number of aliphatic carboxylic acids is 1. The molecular weight excluding hydrogens is 308 g/mol. The van der Waals surface area contributed by atoms with E-state index >= 15 is 0 Å². The molecule has 0 radical (unpaired) electrons. The van der Waals surface area contributed by atoms with Gasteiger partial charge in [-0.25, -0.2) is 0 Å². The average molecular weight is 322 g/mol. The molecule has 2 aliphatic heterocycles. The van der Waals surface area contributed by atoms with Crippen molar-refractivity contribution in [2.24, 2.45) is 0 Å². The maximum absolute atomic E-state index is 11.7. The van der Waals surface area contributed by atoms with Crippen LogP contribution in [0.25, 0.3) is 6.08 Å². The third kappa shape index (κ3) is 2.80. The largest absolute Gasteiger partial charge is 0.480 e. The van der Waals surface area contributed by atoms with Crippen LogP contribution in [-0.2, 0) is 9.59 Å². The molecule has 0 aliphatic carbocycles. The van der Waals surface area contributed by atoms with Gasteiger partial charge in [0.25, 0.3) is 0 Å². The molecule has 2 aliphatic rings. The molecule has 1 N–H and O–H groups in total. The quantitative estimate of drug-likeness (QED) is 0.854. The Balaban J connectivity index is 1.71. The number of amides is 1. The molecule has 3 rings (SSSR count). The van der Waals surface area contributed by atoms with Crippen LogP contribution in [0, 0.1) is 0 Å². The van der Waals surface area contributed by atoms with Gasteiger partial charge < -0.3 is 10.0 Å². The van der Waals surface area contributed by atoms with Crippen LogP contribution >= 0.6 is 23.5 Å². The number of fused-ring (bicyclic) bond motifs is 1. The van der Waals surface area contributed by atoms with Gasteiger partial charge in [-0.3, -0.25) is 14.6 Å². The highest BCUT2D eigenvalue weighted by Gasteiger charge is 2.51. The molecule has 0 spiro atoms. The normalized spacial score (nSPS) is 28.3. The molecule has 2 atom stereocenters. The zero-order valence-corrected chi connectivity index (χ0v) is 12.8. The minimum Gasteiger partial charge on any atom is -0.480 e. The van der Waals surface area contributed by atoms with E-state index < -0.39 is 10.7 Å². The Kier molecular flexibility index (Phi) is 3.95. The number of pyridine rings is 1. The van der Waals surface area contributed by atoms with E-state index in [0.717, 1.165) is 5.56 Å². The van der Waals surface area contributed by atoms with Crippen LogP contribution in [0.1, 0.15) is 12.0 Å². The molecule has 0 aromatic carbocycles. The van der Waals surface area contributed by atoms with Crippen LogP contribution in [-0.4, -0.2) is 49.3 Å². The topological polar surface area (TPSA) is 70.5 Å². The van der Waals surface area contributed by atoms with E-state index in [1.807, 2.05) is 18.2 Å². The summed E-state index contributed by atoms with van der Waals surface area (Å²) in [6, 6.07) is 3.74. The monoisotopic (exact) mass is 322 g/mol. The molecule has 5 nitrogen and oxygen atoms in total. The van der Waals surface area contributed by atoms with Crippen molar-refractivity contribution < 1.29 is 14.7 Å². The summed E-state index contributed by atoms with van der Waals surface area (Å²) in [5.74, 6) is -0.303. The number of thioether (sulfide) groups is 2. The van der Waals surface area contributed by atoms with Crippen LogP contribution in [0.3, 0.4) is 0 Å². The van der Waals surface area contributed by atoms with Gasteiger partial charge in [-0.15, -0.1) is 23.5 Å². The van der Waals surface area contributed by atoms with Crippen LogP contribution in [0.4, 0.5) is 0 Å². The summed E-state index contributed by atoms with van der Waals surface area (Å²) in [6.45, 7) is 0.279. The Morgan fingerprint density at radius 3 is 3.14 bits per heavy atom. The van der Waals surface area contributed by atoms with E-state index in [1.54, 1.807) is 34.5 Å². The van der Waals surface area contributed by atoms with Crippen molar-refractivity contribution in [3.8, 4) is 0 Å². The molecule has 110 valence electrons. The van der Waals surface area contributed by atoms with E-state index in [2.05, 4.69) is 4.98 Å². The highest BCUT2D eigenvalue weighted by atomic mass is 32.2. The number of rotatable bonds is 4. The van der Waals surface area contributed by atoms with Gasteiger partial charge in [0.15, 0.2) is 0 Å². The van der Waals surface area contributed by atoms with Gasteiger partial charge in [0.1, 0.15) is 4.75 Å². The van der Waals surface area contributed by atoms with Crippen molar-refractivity contribution in [3.63, 3.8) is 0 Å². The van der Waals surface area contributed by atoms with Crippen molar-refractivity contribution in [1.29, 1.82) is 0 Å². The van der Waals surface area contributed by atoms with Gasteiger partial charge in [0.05, 0.1) is 11.8 Å². The molecule has 1 amide bonds. The molecule has 3 heterocycles. The third-order valence-electron chi connectivity index (χ3n) is 3.58. The predicted molar refractivity (Wildman–Crippen MR) is 83.8 cm³/mol. The van der Waals surface area contributed by atoms with Gasteiger partial charge in [0.2, 0.25) is 5.91 Å². The minimum atomic E-state index is -0.962. The Bertz CT molecular complexity index is 593. The first-order chi connectivity index (χ1) is 10.1. The molecule has 1 unspecified atom stereocenters. The summed E-state index contributed by atoms with van der Waals surface area (Å²) in [7, 11) is 0. The molecule has 1 aromatic heterocycles. The Morgan fingerprint density at radius 2 is 2.48 bits per heavy atom. The summed E-state index contributed by atoms with van der Waals surface area (Å²) in [6.07, 6.45) is 5.79. The number of carboxylic acid groups (broad SMARTS) is 1. The van der Waals surface area contributed by atoms with Crippen molar-refractivity contribution >= 4 is 41.5 Å². The number of hydrogen-bond acceptors (Lipinski definition) is 5. The Labute approximate surface area is 130 Å². The number of nitrogens with zero attached hydrogens (tertiary/aromatic N) is 2. The van der Waals surface area contributed by atoms with E-state index in [0.29, 0.717) is 12.2 Å². The summed E-state index contributed by atoms with van der Waals surface area (Å²) >= 11 is 2.82. The van der Waals surface area contributed by atoms with Gasteiger partial charge in [0, 0.05) is 24.7 Å². The number of aromatic nitrogens is 1. The summed E-state index contributed by atoms with van der Waals surface area (Å²) in [5, 5.41) is 11.5. The lowest BCUT2D eigenvalue weighted by Crippen LogP contribution is -2.62. The van der Waals surface area contributed by atoms with Crippen LogP contribution < -0.4 is 0 Å². The highest BCUT2D eigenvalue weighted by Crippen LogP contribution is 2.44. The SMILES string of the molecule is O=C1C[C@H]2SCC(SC=Cc3cccnc3)(C(=O)O)CN12. The van der Waals surface area contributed by atoms with Crippen LogP contribution in [0.5, 0.6) is 0 Å². The number of carbonyl (C=O) groups excluding carboxylic acids is 1. The van der Waals surface area contributed by atoms with Gasteiger partial charge in [-0.05, 0) is 23.1 Å². The molecule has 2 saturated heterocycles. The number of carbonyl (C=O) groups is 2. The third-order valence-corrected chi connectivity index (χ3v) is 6.40. The summed E-state index contributed by atoms with van der Waals surface area (Å²) < 4.78 is -0.962. The predicted octanol–water partition coefficient (Wildman–Crippen LogP) is 1.91. The molecular formula is C14H14N2O3S2. The summed E-state index contributed by atoms with van der Waals surface area (Å²) in [5.41, 5.74) is 0.923. The maximum atomic E-state index is 11.7. The number of hydrogen-bond donors (Lipinski definition) is 1. The lowest BCUT2D eigenvalue weighted by Gasteiger charge is -2.49. The minimum absolute atomic E-state index is 0.0506. The fraction of sp³-hybridized carbons (Fsp3) is 0.357. The van der Waals surface area contributed by atoms with E-state index in [-0.39, 0.29) is 17.8 Å². The Morgan fingerprint density at radius 1 is 1.62 bits per heavy atom. The van der Waals surface area contributed by atoms with Crippen LogP contribution in [0.2, 0.25) is 0 Å². The number of β-lactam (4-membered cyclic amide) rings is 1. The van der Waals surface area contributed by atoms with Crippen molar-refractivity contribution in [2.45, 2.75) is 16.5 Å². The van der Waals surface area contributed by atoms with Gasteiger partial charge in [-0.2, -0.15) is 0 Å². The van der Waals surface area contributed by atoms with Gasteiger partial charge >= 0.3 is 5.97 Å². The molecule has 7 heteroatoms. The Hall–Kier alpha value is -1.47. The highest BCUT2D eigenvalue weighted by molar-refractivity contribution is 8.06. The van der Waals surface area contributed by atoms with Crippen LogP contribution in [0.15, 0.2) is 29.9 Å². The van der Waals surface area contributed by atoms with Gasteiger partial charge in [-0.1, -0.05) is 6.07 Å². The van der Waals surface area contributed by atoms with E-state index in [9.17, 15) is 14.7 Å². The number of carboxylic acids is 1. The lowest BCUT2D eigenvalue weighted by atomic mass is 10.1. The zero-order chi connectivity index (χ0) is 14.9. The van der Waals surface area contributed by atoms with E-state index in [4.69, 9.17) is 0 Å². The first kappa shape index (κ1) is 14.5. The second-order valence-electron chi connectivity index (χ2n) is 5.00. The first-order valence-corrected chi connectivity index (χ1v) is 8.42. The fourth-order valence-corrected chi connectivity index (χ4v) is 4.87. The smallest absolute Gasteiger partial charge is 0.322 e. The zero-order valence-electron chi connectivity index (χ0n) is 11.1. The lowest BCUT2D eigenvalue weighted by molar-refractivity contribution is -0.146. The second-order valence-corrected chi connectivity index (χ2v) is 7.45. The maximum Gasteiger partial charge on any atom is 0.322 e. The second kappa shape index (κ2) is 5.73. The molecule has 0 bridgehead atoms. The van der Waals surface area contributed by atoms with Crippen molar-refractivity contribution in [1.82, 2.24) is 9.88 Å². The van der Waals surface area contributed by atoms with E-state index in [1.165, 1.54) is 11.8 Å². The molecule has 2 fully saturated rings. The average Bonchev–Trinajstić information content (AvgIpc) is 2.48. The summed E-state index contributed by atoms with van der Waals surface area (Å²) in [4.78, 5) is 28.9. The fourth-order valence-electron chi connectivity index (χ4n) is 2.28. The molecule has 0 saturated carbocycles. The first-order valence-electron chi connectivity index (χ1n) is 6.50. The molecule has 1 aromatic rings. The molecule has 21 heavy (non-hydrogen) atoms. The van der Waals surface area contributed by atoms with Crippen molar-refractivity contribution in [3.05, 3.63) is 35.5 Å². The van der Waals surface area contributed by atoms with Crippen molar-refractivity contribution in [2.75, 3.05) is 12.3 Å².